The second-order valence-electron chi connectivity index (χ2n) is 6.60. The highest BCUT2D eigenvalue weighted by Crippen LogP contribution is 2.58. The molecule has 1 aliphatic heterocycles. The SMILES string of the molecule is N#Cc1cccnc1OC1CC2(C1)CC(N1C(=O)CNC1=O)C2. The number of carbonyl (C=O) groups is 2. The van der Waals surface area contributed by atoms with E-state index in [-0.39, 0.29) is 36.0 Å². The predicted octanol–water partition coefficient (Wildman–Crippen LogP) is 1.20. The van der Waals surface area contributed by atoms with E-state index in [1.807, 2.05) is 0 Å². The van der Waals surface area contributed by atoms with E-state index in [0.717, 1.165) is 25.7 Å². The first-order chi connectivity index (χ1) is 11.1. The van der Waals surface area contributed by atoms with Gasteiger partial charge in [0.1, 0.15) is 17.7 Å². The Balaban J connectivity index is 1.32. The van der Waals surface area contributed by atoms with Gasteiger partial charge in [0.25, 0.3) is 0 Å². The first kappa shape index (κ1) is 14.0. The van der Waals surface area contributed by atoms with Gasteiger partial charge in [-0.2, -0.15) is 5.26 Å². The van der Waals surface area contributed by atoms with E-state index in [1.165, 1.54) is 4.90 Å². The highest BCUT2D eigenvalue weighted by molar-refractivity contribution is 6.02. The molecule has 3 amide bonds. The zero-order valence-electron chi connectivity index (χ0n) is 12.5. The Morgan fingerprint density at radius 3 is 2.78 bits per heavy atom. The van der Waals surface area contributed by atoms with Crippen molar-refractivity contribution in [2.45, 2.75) is 37.8 Å². The van der Waals surface area contributed by atoms with Gasteiger partial charge in [-0.15, -0.1) is 0 Å². The number of carbonyl (C=O) groups excluding carboxylic acids is 2. The summed E-state index contributed by atoms with van der Waals surface area (Å²) in [6.45, 7) is 0.116. The Morgan fingerprint density at radius 2 is 2.13 bits per heavy atom. The van der Waals surface area contributed by atoms with Gasteiger partial charge in [-0.25, -0.2) is 9.78 Å². The lowest BCUT2D eigenvalue weighted by atomic mass is 9.52. The van der Waals surface area contributed by atoms with E-state index in [4.69, 9.17) is 10.00 Å². The number of amides is 3. The molecule has 7 nitrogen and oxygen atoms in total. The molecule has 7 heteroatoms. The summed E-state index contributed by atoms with van der Waals surface area (Å²) in [6, 6.07) is 5.23. The molecule has 1 spiro atoms. The third-order valence-corrected chi connectivity index (χ3v) is 5.07. The van der Waals surface area contributed by atoms with E-state index in [2.05, 4.69) is 16.4 Å². The summed E-state index contributed by atoms with van der Waals surface area (Å²) in [7, 11) is 0. The molecule has 0 atom stereocenters. The number of hydrogen-bond acceptors (Lipinski definition) is 5. The zero-order valence-corrected chi connectivity index (χ0v) is 12.5. The number of nitrogens with one attached hydrogen (secondary N) is 1. The van der Waals surface area contributed by atoms with Crippen LogP contribution in [0.5, 0.6) is 5.88 Å². The molecule has 0 unspecified atom stereocenters. The molecule has 0 radical (unpaired) electrons. The van der Waals surface area contributed by atoms with Crippen molar-refractivity contribution in [2.24, 2.45) is 5.41 Å². The lowest BCUT2D eigenvalue weighted by Gasteiger charge is -2.58. The minimum absolute atomic E-state index is 0.0236. The summed E-state index contributed by atoms with van der Waals surface area (Å²) in [5.41, 5.74) is 0.624. The van der Waals surface area contributed by atoms with Gasteiger partial charge in [0.05, 0.1) is 6.54 Å². The van der Waals surface area contributed by atoms with Crippen molar-refractivity contribution in [1.82, 2.24) is 15.2 Å². The van der Waals surface area contributed by atoms with Crippen molar-refractivity contribution in [1.29, 1.82) is 5.26 Å². The summed E-state index contributed by atoms with van der Waals surface area (Å²) >= 11 is 0. The molecule has 1 aromatic heterocycles. The predicted molar refractivity (Wildman–Crippen MR) is 78.3 cm³/mol. The Labute approximate surface area is 133 Å². The molecule has 3 fully saturated rings. The van der Waals surface area contributed by atoms with Crippen LogP contribution in [-0.2, 0) is 4.79 Å². The zero-order chi connectivity index (χ0) is 16.0. The molecule has 2 aliphatic carbocycles. The average molecular weight is 312 g/mol. The standard InChI is InChI=1S/C16H16N4O3/c17-8-10-2-1-3-18-14(10)23-12-6-16(7-12)4-11(5-16)20-13(21)9-19-15(20)22/h1-3,11-12H,4-7,9H2,(H,19,22). The van der Waals surface area contributed by atoms with Crippen LogP contribution in [0.4, 0.5) is 4.79 Å². The average Bonchev–Trinajstić information content (AvgIpc) is 2.80. The molecule has 3 aliphatic rings. The molecule has 4 rings (SSSR count). The van der Waals surface area contributed by atoms with E-state index in [0.29, 0.717) is 11.4 Å². The lowest BCUT2D eigenvalue weighted by molar-refractivity contribution is -0.138. The maximum atomic E-state index is 11.7. The fraction of sp³-hybridized carbons (Fsp3) is 0.500. The van der Waals surface area contributed by atoms with Crippen LogP contribution in [0.2, 0.25) is 0 Å². The molecule has 2 saturated carbocycles. The van der Waals surface area contributed by atoms with Crippen molar-refractivity contribution in [3.8, 4) is 11.9 Å². The molecule has 23 heavy (non-hydrogen) atoms. The maximum absolute atomic E-state index is 11.7. The smallest absolute Gasteiger partial charge is 0.324 e. The number of hydrogen-bond donors (Lipinski definition) is 1. The number of rotatable bonds is 3. The Bertz CT molecular complexity index is 696. The van der Waals surface area contributed by atoms with Crippen LogP contribution < -0.4 is 10.1 Å². The Kier molecular flexibility index (Phi) is 3.01. The molecule has 1 aromatic rings. The fourth-order valence-corrected chi connectivity index (χ4v) is 3.98. The third-order valence-electron chi connectivity index (χ3n) is 5.07. The quantitative estimate of drug-likeness (QED) is 0.846. The fourth-order valence-electron chi connectivity index (χ4n) is 3.98. The van der Waals surface area contributed by atoms with E-state index < -0.39 is 0 Å². The first-order valence-electron chi connectivity index (χ1n) is 7.72. The molecular formula is C16H16N4O3. The molecule has 1 N–H and O–H groups in total. The van der Waals surface area contributed by atoms with Gasteiger partial charge in [-0.3, -0.25) is 9.69 Å². The Morgan fingerprint density at radius 1 is 1.35 bits per heavy atom. The number of aromatic nitrogens is 1. The normalized spacial score (nSPS) is 32.0. The number of ether oxygens (including phenoxy) is 1. The summed E-state index contributed by atoms with van der Waals surface area (Å²) in [5, 5.41) is 11.6. The molecule has 0 bridgehead atoms. The lowest BCUT2D eigenvalue weighted by Crippen LogP contribution is -2.60. The topological polar surface area (TPSA) is 95.3 Å². The van der Waals surface area contributed by atoms with Crippen LogP contribution >= 0.6 is 0 Å². The van der Waals surface area contributed by atoms with Gasteiger partial charge in [0, 0.05) is 12.2 Å². The summed E-state index contributed by atoms with van der Waals surface area (Å²) in [4.78, 5) is 28.8. The minimum atomic E-state index is -0.269. The van der Waals surface area contributed by atoms with E-state index >= 15 is 0 Å². The summed E-state index contributed by atoms with van der Waals surface area (Å²) in [5.74, 6) is 0.258. The van der Waals surface area contributed by atoms with E-state index in [1.54, 1.807) is 18.3 Å². The second kappa shape index (κ2) is 4.95. The van der Waals surface area contributed by atoms with Crippen LogP contribution in [0.3, 0.4) is 0 Å². The minimum Gasteiger partial charge on any atom is -0.473 e. The van der Waals surface area contributed by atoms with Gasteiger partial charge >= 0.3 is 6.03 Å². The van der Waals surface area contributed by atoms with Crippen LogP contribution in [0.15, 0.2) is 18.3 Å². The number of nitrogens with zero attached hydrogens (tertiary/aromatic N) is 3. The summed E-state index contributed by atoms with van der Waals surface area (Å²) < 4.78 is 5.81. The van der Waals surface area contributed by atoms with Crippen molar-refractivity contribution in [3.05, 3.63) is 23.9 Å². The Hall–Kier alpha value is -2.62. The van der Waals surface area contributed by atoms with Crippen LogP contribution in [0.25, 0.3) is 0 Å². The number of urea groups is 1. The molecule has 118 valence electrons. The van der Waals surface area contributed by atoms with Crippen molar-refractivity contribution in [3.63, 3.8) is 0 Å². The van der Waals surface area contributed by atoms with Crippen molar-refractivity contribution >= 4 is 11.9 Å². The van der Waals surface area contributed by atoms with Crippen LogP contribution in [0, 0.1) is 16.7 Å². The molecular weight excluding hydrogens is 296 g/mol. The van der Waals surface area contributed by atoms with Gasteiger partial charge in [0.2, 0.25) is 11.8 Å². The van der Waals surface area contributed by atoms with E-state index in [9.17, 15) is 9.59 Å². The van der Waals surface area contributed by atoms with Crippen molar-refractivity contribution in [2.75, 3.05) is 6.54 Å². The highest BCUT2D eigenvalue weighted by atomic mass is 16.5. The van der Waals surface area contributed by atoms with Crippen LogP contribution in [0.1, 0.15) is 31.2 Å². The van der Waals surface area contributed by atoms with Gasteiger partial charge in [-0.05, 0) is 43.2 Å². The summed E-state index contributed by atoms with van der Waals surface area (Å²) in [6.07, 6.45) is 5.13. The van der Waals surface area contributed by atoms with Gasteiger partial charge in [-0.1, -0.05) is 0 Å². The highest BCUT2D eigenvalue weighted by Gasteiger charge is 2.57. The molecule has 1 saturated heterocycles. The number of nitriles is 1. The van der Waals surface area contributed by atoms with Gasteiger partial charge < -0.3 is 10.1 Å². The monoisotopic (exact) mass is 312 g/mol. The van der Waals surface area contributed by atoms with Crippen molar-refractivity contribution < 1.29 is 14.3 Å². The number of pyridine rings is 1. The number of imide groups is 1. The largest absolute Gasteiger partial charge is 0.473 e. The second-order valence-corrected chi connectivity index (χ2v) is 6.60. The molecule has 0 aromatic carbocycles. The maximum Gasteiger partial charge on any atom is 0.324 e. The first-order valence-corrected chi connectivity index (χ1v) is 7.72. The molecule has 2 heterocycles. The third kappa shape index (κ3) is 2.22. The van der Waals surface area contributed by atoms with Crippen LogP contribution in [-0.4, -0.2) is 40.5 Å². The van der Waals surface area contributed by atoms with Gasteiger partial charge in [0.15, 0.2) is 0 Å².